The van der Waals surface area contributed by atoms with Gasteiger partial charge in [0, 0.05) is 0 Å². The largest absolute Gasteiger partial charge is 0.433 e. The van der Waals surface area contributed by atoms with Crippen LogP contribution in [-0.2, 0) is 6.18 Å². The molecule has 0 saturated heterocycles. The maximum Gasteiger partial charge on any atom is 0.433 e. The normalized spacial score (nSPS) is 12.3. The van der Waals surface area contributed by atoms with E-state index in [0.29, 0.717) is 6.07 Å². The monoisotopic (exact) mass is 245 g/mol. The van der Waals surface area contributed by atoms with E-state index in [9.17, 15) is 22.0 Å². The number of nitrogens with zero attached hydrogens (tertiary/aromatic N) is 1. The molecule has 0 aliphatic rings. The van der Waals surface area contributed by atoms with Gasteiger partial charge in [0.25, 0.3) is 6.43 Å². The van der Waals surface area contributed by atoms with E-state index >= 15 is 0 Å². The van der Waals surface area contributed by atoms with Gasteiger partial charge in [-0.05, 0) is 18.6 Å². The zero-order valence-corrected chi connectivity index (χ0v) is 8.13. The molecule has 1 nitrogen and oxygen atoms in total. The molecule has 1 heterocycles. The number of hydrogen-bond acceptors (Lipinski definition) is 1. The molecule has 0 fully saturated rings. The smallest absolute Gasteiger partial charge is 0.241 e. The fourth-order valence-electron chi connectivity index (χ4n) is 0.971. The molecule has 0 atom stereocenters. The predicted molar refractivity (Wildman–Crippen MR) is 43.9 cm³/mol. The summed E-state index contributed by atoms with van der Waals surface area (Å²) in [5, 5.41) is -0.432. The van der Waals surface area contributed by atoms with Crippen molar-refractivity contribution in [3.8, 4) is 0 Å². The predicted octanol–water partition coefficient (Wildman–Crippen LogP) is 4.00. The highest BCUT2D eigenvalue weighted by molar-refractivity contribution is 6.32. The first-order valence-corrected chi connectivity index (χ1v) is 4.13. The number of aryl methyl sites for hydroxylation is 1. The fourth-order valence-corrected chi connectivity index (χ4v) is 1.15. The Morgan fingerprint density at radius 1 is 1.33 bits per heavy atom. The topological polar surface area (TPSA) is 12.9 Å². The summed E-state index contributed by atoms with van der Waals surface area (Å²) in [4.78, 5) is 2.80. The van der Waals surface area contributed by atoms with Crippen LogP contribution in [0.2, 0.25) is 5.02 Å². The molecule has 15 heavy (non-hydrogen) atoms. The summed E-state index contributed by atoms with van der Waals surface area (Å²) >= 11 is 5.40. The van der Waals surface area contributed by atoms with Crippen LogP contribution in [-0.4, -0.2) is 4.98 Å². The summed E-state index contributed by atoms with van der Waals surface area (Å²) in [7, 11) is 0. The van der Waals surface area contributed by atoms with Crippen LogP contribution < -0.4 is 0 Å². The highest BCUT2D eigenvalue weighted by Gasteiger charge is 2.34. The van der Waals surface area contributed by atoms with Gasteiger partial charge in [-0.3, -0.25) is 0 Å². The Balaban J connectivity index is 3.36. The van der Waals surface area contributed by atoms with Gasteiger partial charge in [0.1, 0.15) is 11.4 Å². The molecule has 84 valence electrons. The Morgan fingerprint density at radius 3 is 2.27 bits per heavy atom. The van der Waals surface area contributed by atoms with Crippen LogP contribution in [0.1, 0.15) is 23.4 Å². The summed E-state index contributed by atoms with van der Waals surface area (Å²) < 4.78 is 61.1. The van der Waals surface area contributed by atoms with Crippen LogP contribution in [0.15, 0.2) is 6.07 Å². The second-order valence-corrected chi connectivity index (χ2v) is 3.20. The SMILES string of the molecule is Cc1cc(C(F)(F)F)nc(C(F)F)c1Cl. The number of rotatable bonds is 1. The summed E-state index contributed by atoms with van der Waals surface area (Å²) in [5.74, 6) is 0. The van der Waals surface area contributed by atoms with Gasteiger partial charge in [-0.1, -0.05) is 11.6 Å². The molecule has 7 heteroatoms. The lowest BCUT2D eigenvalue weighted by atomic mass is 10.2. The van der Waals surface area contributed by atoms with Crippen molar-refractivity contribution < 1.29 is 22.0 Å². The second kappa shape index (κ2) is 3.92. The minimum atomic E-state index is -4.75. The lowest BCUT2D eigenvalue weighted by Gasteiger charge is -2.11. The molecule has 1 aromatic rings. The standard InChI is InChI=1S/C8H5ClF5N/c1-3-2-4(8(12,13)14)15-6(5(3)9)7(10)11/h2,7H,1H3. The van der Waals surface area contributed by atoms with Gasteiger partial charge in [0.05, 0.1) is 5.02 Å². The summed E-state index contributed by atoms with van der Waals surface area (Å²) in [6.07, 6.45) is -7.88. The number of hydrogen-bond donors (Lipinski definition) is 0. The van der Waals surface area contributed by atoms with Gasteiger partial charge < -0.3 is 0 Å². The van der Waals surface area contributed by atoms with E-state index in [1.165, 1.54) is 6.92 Å². The number of halogens is 6. The van der Waals surface area contributed by atoms with Gasteiger partial charge in [-0.15, -0.1) is 0 Å². The molecule has 0 N–H and O–H groups in total. The molecular formula is C8H5ClF5N. The van der Waals surface area contributed by atoms with Gasteiger partial charge in [0.15, 0.2) is 0 Å². The lowest BCUT2D eigenvalue weighted by Crippen LogP contribution is -2.11. The molecule has 0 aromatic carbocycles. The Kier molecular flexibility index (Phi) is 3.18. The van der Waals surface area contributed by atoms with Crippen molar-refractivity contribution in [2.45, 2.75) is 19.5 Å². The molecule has 0 amide bonds. The van der Waals surface area contributed by atoms with E-state index in [4.69, 9.17) is 11.6 Å². The van der Waals surface area contributed by atoms with Gasteiger partial charge in [0.2, 0.25) is 0 Å². The highest BCUT2D eigenvalue weighted by atomic mass is 35.5. The molecule has 1 aromatic heterocycles. The summed E-state index contributed by atoms with van der Waals surface area (Å²) in [6, 6.07) is 0.633. The molecule has 0 spiro atoms. The Bertz CT molecular complexity index is 374. The molecule has 0 saturated carbocycles. The average molecular weight is 246 g/mol. The number of aromatic nitrogens is 1. The summed E-state index contributed by atoms with van der Waals surface area (Å²) in [5.41, 5.74) is -2.47. The Labute approximate surface area is 86.9 Å². The summed E-state index contributed by atoms with van der Waals surface area (Å²) in [6.45, 7) is 1.21. The first-order chi connectivity index (χ1) is 6.73. The quantitative estimate of drug-likeness (QED) is 0.682. The van der Waals surface area contributed by atoms with E-state index in [2.05, 4.69) is 4.98 Å². The highest BCUT2D eigenvalue weighted by Crippen LogP contribution is 2.34. The molecule has 0 bridgehead atoms. The van der Waals surface area contributed by atoms with Crippen molar-refractivity contribution in [1.29, 1.82) is 0 Å². The van der Waals surface area contributed by atoms with Crippen molar-refractivity contribution >= 4 is 11.6 Å². The van der Waals surface area contributed by atoms with Crippen molar-refractivity contribution in [1.82, 2.24) is 4.98 Å². The van der Waals surface area contributed by atoms with E-state index in [0.717, 1.165) is 0 Å². The van der Waals surface area contributed by atoms with Crippen molar-refractivity contribution in [2.75, 3.05) is 0 Å². The first-order valence-electron chi connectivity index (χ1n) is 3.76. The molecule has 0 unspecified atom stereocenters. The van der Waals surface area contributed by atoms with E-state index < -0.39 is 29.0 Å². The van der Waals surface area contributed by atoms with Gasteiger partial charge in [-0.25, -0.2) is 13.8 Å². The molecule has 0 aliphatic heterocycles. The third kappa shape index (κ3) is 2.56. The number of pyridine rings is 1. The van der Waals surface area contributed by atoms with Crippen LogP contribution in [0.25, 0.3) is 0 Å². The molecule has 1 rings (SSSR count). The average Bonchev–Trinajstić information content (AvgIpc) is 2.06. The lowest BCUT2D eigenvalue weighted by molar-refractivity contribution is -0.141. The van der Waals surface area contributed by atoms with E-state index in [1.54, 1.807) is 0 Å². The Hall–Kier alpha value is -0.910. The van der Waals surface area contributed by atoms with Crippen molar-refractivity contribution in [3.63, 3.8) is 0 Å². The Morgan fingerprint density at radius 2 is 1.87 bits per heavy atom. The van der Waals surface area contributed by atoms with Crippen LogP contribution in [0.4, 0.5) is 22.0 Å². The molecule has 0 radical (unpaired) electrons. The van der Waals surface area contributed by atoms with Crippen LogP contribution in [0.5, 0.6) is 0 Å². The fraction of sp³-hybridized carbons (Fsp3) is 0.375. The maximum atomic E-state index is 12.3. The van der Waals surface area contributed by atoms with E-state index in [1.807, 2.05) is 0 Å². The van der Waals surface area contributed by atoms with Crippen LogP contribution in [0, 0.1) is 6.92 Å². The van der Waals surface area contributed by atoms with Crippen molar-refractivity contribution in [2.24, 2.45) is 0 Å². The number of alkyl halides is 5. The van der Waals surface area contributed by atoms with E-state index in [-0.39, 0.29) is 5.56 Å². The minimum Gasteiger partial charge on any atom is -0.241 e. The zero-order valence-electron chi connectivity index (χ0n) is 7.37. The third-order valence-electron chi connectivity index (χ3n) is 1.66. The zero-order chi connectivity index (χ0) is 11.8. The van der Waals surface area contributed by atoms with Gasteiger partial charge >= 0.3 is 6.18 Å². The minimum absolute atomic E-state index is 0.0747. The molecule has 0 aliphatic carbocycles. The van der Waals surface area contributed by atoms with Crippen LogP contribution in [0.3, 0.4) is 0 Å². The maximum absolute atomic E-state index is 12.3. The second-order valence-electron chi connectivity index (χ2n) is 2.82. The van der Waals surface area contributed by atoms with Crippen LogP contribution >= 0.6 is 11.6 Å². The third-order valence-corrected chi connectivity index (χ3v) is 2.15. The first kappa shape index (κ1) is 12.2. The van der Waals surface area contributed by atoms with Crippen molar-refractivity contribution in [3.05, 3.63) is 28.0 Å². The van der Waals surface area contributed by atoms with Gasteiger partial charge in [-0.2, -0.15) is 13.2 Å². The molecular weight excluding hydrogens is 241 g/mol.